The highest BCUT2D eigenvalue weighted by atomic mass is 16.1. The summed E-state index contributed by atoms with van der Waals surface area (Å²) in [6, 6.07) is 7.86. The van der Waals surface area contributed by atoms with Crippen molar-refractivity contribution in [2.45, 2.75) is 65.8 Å². The highest BCUT2D eigenvalue weighted by Gasteiger charge is 2.08. The van der Waals surface area contributed by atoms with Gasteiger partial charge in [-0.25, -0.2) is 0 Å². The Labute approximate surface area is 157 Å². The zero-order valence-corrected chi connectivity index (χ0v) is 16.7. The first-order valence-electron chi connectivity index (χ1n) is 9.15. The van der Waals surface area contributed by atoms with Gasteiger partial charge < -0.3 is 17.2 Å². The number of amides is 1. The lowest BCUT2D eigenvalue weighted by molar-refractivity contribution is -0.118. The number of carbonyl (C=O) groups is 1. The van der Waals surface area contributed by atoms with E-state index in [1.165, 1.54) is 12.8 Å². The van der Waals surface area contributed by atoms with Gasteiger partial charge in [-0.15, -0.1) is 0 Å². The molecule has 1 aromatic heterocycles. The third kappa shape index (κ3) is 14.4. The predicted octanol–water partition coefficient (Wildman–Crippen LogP) is 2.72. The van der Waals surface area contributed by atoms with E-state index in [4.69, 9.17) is 17.2 Å². The van der Waals surface area contributed by atoms with Crippen LogP contribution in [-0.2, 0) is 4.79 Å². The molecule has 26 heavy (non-hydrogen) atoms. The first-order valence-corrected chi connectivity index (χ1v) is 9.15. The van der Waals surface area contributed by atoms with Crippen LogP contribution in [0, 0.1) is 5.41 Å². The molecule has 1 heterocycles. The van der Waals surface area contributed by atoms with Crippen molar-refractivity contribution in [3.05, 3.63) is 24.3 Å². The smallest absolute Gasteiger partial charge is 0.217 e. The molecule has 0 aliphatic carbocycles. The second kappa shape index (κ2) is 13.2. The van der Waals surface area contributed by atoms with Gasteiger partial charge in [0.25, 0.3) is 0 Å². The summed E-state index contributed by atoms with van der Waals surface area (Å²) in [5.74, 6) is -0.175. The van der Waals surface area contributed by atoms with Crippen molar-refractivity contribution in [3.63, 3.8) is 0 Å². The van der Waals surface area contributed by atoms with Crippen LogP contribution in [0.15, 0.2) is 24.3 Å². The molecule has 2 rings (SSSR count). The van der Waals surface area contributed by atoms with Gasteiger partial charge in [-0.2, -0.15) is 15.4 Å². The Kier molecular flexibility index (Phi) is 12.2. The molecule has 2 aromatic rings. The molecule has 0 radical (unpaired) electrons. The summed E-state index contributed by atoms with van der Waals surface area (Å²) in [5.41, 5.74) is 17.5. The van der Waals surface area contributed by atoms with Crippen molar-refractivity contribution in [2.24, 2.45) is 22.6 Å². The van der Waals surface area contributed by atoms with Gasteiger partial charge in [-0.3, -0.25) is 4.79 Å². The minimum Gasteiger partial charge on any atom is -0.370 e. The molecular formula is C19H36N6O. The molecule has 0 aliphatic rings. The Morgan fingerprint density at radius 2 is 1.62 bits per heavy atom. The number of benzene rings is 1. The highest BCUT2D eigenvalue weighted by Crippen LogP contribution is 2.22. The number of carbonyl (C=O) groups excluding carboxylic acids is 1. The Hall–Kier alpha value is -1.99. The number of primary amides is 1. The Balaban J connectivity index is 0.000000391. The minimum absolute atomic E-state index is 0.162. The molecule has 0 bridgehead atoms. The van der Waals surface area contributed by atoms with Crippen molar-refractivity contribution in [1.29, 1.82) is 0 Å². The summed E-state index contributed by atoms with van der Waals surface area (Å²) in [6.45, 7) is 9.17. The summed E-state index contributed by atoms with van der Waals surface area (Å²) < 4.78 is 0. The molecule has 1 amide bonds. The lowest BCUT2D eigenvalue weighted by Gasteiger charge is -2.17. The van der Waals surface area contributed by atoms with Gasteiger partial charge in [0.15, 0.2) is 0 Å². The van der Waals surface area contributed by atoms with E-state index in [1.54, 1.807) is 0 Å². The van der Waals surface area contributed by atoms with Crippen LogP contribution in [0.2, 0.25) is 0 Å². The number of rotatable bonds is 6. The van der Waals surface area contributed by atoms with Gasteiger partial charge in [0, 0.05) is 19.0 Å². The summed E-state index contributed by atoms with van der Waals surface area (Å²) in [5, 5.41) is 10.3. The maximum absolute atomic E-state index is 10.4. The number of hydrogen-bond donors (Lipinski definition) is 4. The van der Waals surface area contributed by atoms with Crippen LogP contribution < -0.4 is 17.2 Å². The molecule has 7 heteroatoms. The van der Waals surface area contributed by atoms with Crippen LogP contribution in [-0.4, -0.2) is 33.9 Å². The van der Waals surface area contributed by atoms with Gasteiger partial charge in [-0.05, 0) is 37.3 Å². The minimum atomic E-state index is -0.175. The molecule has 1 aromatic carbocycles. The van der Waals surface area contributed by atoms with Crippen LogP contribution in [0.5, 0.6) is 0 Å². The van der Waals surface area contributed by atoms with Crippen LogP contribution in [0.25, 0.3) is 11.0 Å². The number of aromatic amines is 1. The second-order valence-corrected chi connectivity index (χ2v) is 7.61. The molecule has 7 N–H and O–H groups in total. The first kappa shape index (κ1) is 24.0. The second-order valence-electron chi connectivity index (χ2n) is 7.61. The predicted molar refractivity (Wildman–Crippen MR) is 108 cm³/mol. The fourth-order valence-corrected chi connectivity index (χ4v) is 1.92. The summed E-state index contributed by atoms with van der Waals surface area (Å²) in [6.07, 6.45) is 5.05. The number of hydrogen-bond acceptors (Lipinski definition) is 5. The first-order chi connectivity index (χ1) is 12.2. The maximum atomic E-state index is 10.4. The van der Waals surface area contributed by atoms with Crippen LogP contribution in [0.4, 0.5) is 0 Å². The largest absolute Gasteiger partial charge is 0.370 e. The molecule has 0 saturated heterocycles. The SMILES string of the molecule is CC(C)(C)CCCCCC(N)=O.CC(N)CN.c1ccc2n[nH]nc2c1. The Morgan fingerprint density at radius 3 is 2.00 bits per heavy atom. The van der Waals surface area contributed by atoms with E-state index in [-0.39, 0.29) is 11.9 Å². The van der Waals surface area contributed by atoms with E-state index in [9.17, 15) is 4.79 Å². The number of para-hydroxylation sites is 2. The van der Waals surface area contributed by atoms with Crippen LogP contribution in [0.3, 0.4) is 0 Å². The lowest BCUT2D eigenvalue weighted by Crippen LogP contribution is -2.25. The van der Waals surface area contributed by atoms with Gasteiger partial charge in [0.1, 0.15) is 11.0 Å². The van der Waals surface area contributed by atoms with Crippen molar-refractivity contribution in [2.75, 3.05) is 6.54 Å². The number of nitrogens with one attached hydrogen (secondary N) is 1. The summed E-state index contributed by atoms with van der Waals surface area (Å²) >= 11 is 0. The van der Waals surface area contributed by atoms with Gasteiger partial charge in [-0.1, -0.05) is 45.7 Å². The normalized spacial score (nSPS) is 11.8. The lowest BCUT2D eigenvalue weighted by atomic mass is 9.89. The quantitative estimate of drug-likeness (QED) is 0.584. The van der Waals surface area contributed by atoms with E-state index in [2.05, 4.69) is 36.2 Å². The number of aromatic nitrogens is 3. The van der Waals surface area contributed by atoms with Crippen molar-refractivity contribution in [1.82, 2.24) is 15.4 Å². The zero-order chi connectivity index (χ0) is 20.0. The van der Waals surface area contributed by atoms with E-state index in [0.29, 0.717) is 18.4 Å². The fourth-order valence-electron chi connectivity index (χ4n) is 1.92. The average molecular weight is 365 g/mol. The zero-order valence-electron chi connectivity index (χ0n) is 16.7. The van der Waals surface area contributed by atoms with Crippen molar-refractivity contribution in [3.8, 4) is 0 Å². The molecule has 0 spiro atoms. The van der Waals surface area contributed by atoms with Crippen molar-refractivity contribution < 1.29 is 4.79 Å². The average Bonchev–Trinajstić information content (AvgIpc) is 3.03. The highest BCUT2D eigenvalue weighted by molar-refractivity contribution is 5.73. The molecule has 1 atom stereocenters. The number of fused-ring (bicyclic) bond motifs is 1. The molecule has 148 valence electrons. The van der Waals surface area contributed by atoms with E-state index >= 15 is 0 Å². The Bertz CT molecular complexity index is 573. The summed E-state index contributed by atoms with van der Waals surface area (Å²) in [7, 11) is 0. The Morgan fingerprint density at radius 1 is 1.12 bits per heavy atom. The molecule has 0 aliphatic heterocycles. The summed E-state index contributed by atoms with van der Waals surface area (Å²) in [4.78, 5) is 10.4. The molecule has 1 unspecified atom stereocenters. The number of unbranched alkanes of at least 4 members (excludes halogenated alkanes) is 2. The van der Waals surface area contributed by atoms with Crippen molar-refractivity contribution >= 4 is 16.9 Å². The fraction of sp³-hybridized carbons (Fsp3) is 0.632. The number of nitrogens with zero attached hydrogens (tertiary/aromatic N) is 2. The van der Waals surface area contributed by atoms with E-state index in [0.717, 1.165) is 23.9 Å². The molecule has 7 nitrogen and oxygen atoms in total. The topological polar surface area (TPSA) is 137 Å². The van der Waals surface area contributed by atoms with Gasteiger partial charge in [0.2, 0.25) is 5.91 Å². The third-order valence-electron chi connectivity index (χ3n) is 3.44. The number of H-pyrrole nitrogens is 1. The van der Waals surface area contributed by atoms with Gasteiger partial charge >= 0.3 is 0 Å². The van der Waals surface area contributed by atoms with Gasteiger partial charge in [0.05, 0.1) is 0 Å². The van der Waals surface area contributed by atoms with Crippen LogP contribution >= 0.6 is 0 Å². The standard InChI is InChI=1S/C10H21NO.C6H5N3.C3H10N2/c1-10(2,3)8-6-4-5-7-9(11)12;1-2-4-6-5(3-1)7-9-8-6;1-3(5)2-4/h4-8H2,1-3H3,(H2,11,12);1-4H,(H,7,8,9);3H,2,4-5H2,1H3. The maximum Gasteiger partial charge on any atom is 0.217 e. The molecule has 0 fully saturated rings. The monoisotopic (exact) mass is 364 g/mol. The van der Waals surface area contributed by atoms with Crippen LogP contribution in [0.1, 0.15) is 59.8 Å². The molecular weight excluding hydrogens is 328 g/mol. The van der Waals surface area contributed by atoms with E-state index in [1.807, 2.05) is 31.2 Å². The number of nitrogens with two attached hydrogens (primary N) is 3. The third-order valence-corrected chi connectivity index (χ3v) is 3.44. The molecule has 0 saturated carbocycles. The van der Waals surface area contributed by atoms with E-state index < -0.39 is 0 Å².